The lowest BCUT2D eigenvalue weighted by Gasteiger charge is -2.30. The second-order valence-electron chi connectivity index (χ2n) is 8.31. The van der Waals surface area contributed by atoms with E-state index in [0.29, 0.717) is 0 Å². The minimum atomic E-state index is 0.893. The third-order valence-corrected chi connectivity index (χ3v) is 6.45. The predicted octanol–water partition coefficient (Wildman–Crippen LogP) is 8.03. The third-order valence-electron chi connectivity index (χ3n) is 6.45. The van der Waals surface area contributed by atoms with E-state index < -0.39 is 0 Å². The van der Waals surface area contributed by atoms with Crippen LogP contribution in [0.3, 0.4) is 0 Å². The lowest BCUT2D eigenvalue weighted by Crippen LogP contribution is -2.09. The van der Waals surface area contributed by atoms with Crippen molar-refractivity contribution >= 4 is 11.1 Å². The molecule has 0 spiro atoms. The summed E-state index contributed by atoms with van der Waals surface area (Å²) in [5.41, 5.74) is 9.54. The molecule has 0 unspecified atom stereocenters. The Kier molecular flexibility index (Phi) is 4.39. The van der Waals surface area contributed by atoms with Gasteiger partial charge in [-0.05, 0) is 60.4 Å². The molecular weight excluding hydrogens is 392 g/mol. The van der Waals surface area contributed by atoms with Crippen molar-refractivity contribution in [2.24, 2.45) is 0 Å². The molecular formula is C30H24O2. The summed E-state index contributed by atoms with van der Waals surface area (Å²) >= 11 is 0. The maximum Gasteiger partial charge on any atom is 0.135 e. The Morgan fingerprint density at radius 2 is 0.875 bits per heavy atom. The Bertz CT molecular complexity index is 1290. The molecule has 0 aromatic heterocycles. The highest BCUT2D eigenvalue weighted by Gasteiger charge is 2.31. The number of ether oxygens (including phenoxy) is 2. The van der Waals surface area contributed by atoms with Crippen LogP contribution < -0.4 is 9.47 Å². The average molecular weight is 417 g/mol. The molecule has 0 fully saturated rings. The maximum atomic E-state index is 6.35. The summed E-state index contributed by atoms with van der Waals surface area (Å²) < 4.78 is 12.7. The highest BCUT2D eigenvalue weighted by atomic mass is 16.5. The summed E-state index contributed by atoms with van der Waals surface area (Å²) in [4.78, 5) is 0. The first kappa shape index (κ1) is 18.9. The van der Waals surface area contributed by atoms with Crippen LogP contribution in [-0.4, -0.2) is 0 Å². The number of hydrogen-bond acceptors (Lipinski definition) is 2. The zero-order chi connectivity index (χ0) is 21.7. The van der Waals surface area contributed by atoms with Gasteiger partial charge in [-0.15, -0.1) is 0 Å². The SMILES string of the molecule is CCc1ccc2c(c1)/C(=C1\c3ccccc3Oc3ccc(CC)cc31)c1ccccc1O2. The molecule has 0 saturated heterocycles. The summed E-state index contributed by atoms with van der Waals surface area (Å²) in [5.74, 6) is 3.59. The molecule has 4 aromatic carbocycles. The molecule has 0 bridgehead atoms. The number of benzene rings is 4. The predicted molar refractivity (Wildman–Crippen MR) is 130 cm³/mol. The molecule has 0 amide bonds. The summed E-state index contributed by atoms with van der Waals surface area (Å²) in [7, 11) is 0. The van der Waals surface area contributed by atoms with Crippen molar-refractivity contribution in [2.75, 3.05) is 0 Å². The molecule has 0 aliphatic carbocycles. The monoisotopic (exact) mass is 416 g/mol. The van der Waals surface area contributed by atoms with Crippen LogP contribution in [-0.2, 0) is 12.8 Å². The van der Waals surface area contributed by atoms with Crippen molar-refractivity contribution in [1.82, 2.24) is 0 Å². The third kappa shape index (κ3) is 2.87. The van der Waals surface area contributed by atoms with E-state index in [1.54, 1.807) is 0 Å². The van der Waals surface area contributed by atoms with Gasteiger partial charge in [0.05, 0.1) is 0 Å². The van der Waals surface area contributed by atoms with Crippen molar-refractivity contribution in [3.05, 3.63) is 118 Å². The van der Waals surface area contributed by atoms with Gasteiger partial charge in [0, 0.05) is 33.4 Å². The standard InChI is InChI=1S/C30H24O2/c1-3-19-13-15-27-23(17-19)29(21-9-5-7-11-25(21)31-27)30-22-10-6-8-12-26(22)32-28-16-14-20(4-2)18-24(28)30/h5-18H,3-4H2,1-2H3/b30-29+. The van der Waals surface area contributed by atoms with E-state index in [2.05, 4.69) is 86.6 Å². The van der Waals surface area contributed by atoms with Gasteiger partial charge >= 0.3 is 0 Å². The van der Waals surface area contributed by atoms with Crippen molar-refractivity contribution < 1.29 is 9.47 Å². The zero-order valence-electron chi connectivity index (χ0n) is 18.3. The summed E-state index contributed by atoms with van der Waals surface area (Å²) in [6.07, 6.45) is 1.96. The maximum absolute atomic E-state index is 6.35. The van der Waals surface area contributed by atoms with Crippen LogP contribution in [0.25, 0.3) is 11.1 Å². The molecule has 0 atom stereocenters. The number of para-hydroxylation sites is 2. The molecule has 2 heteroatoms. The van der Waals surface area contributed by atoms with E-state index in [0.717, 1.165) is 58.1 Å². The van der Waals surface area contributed by atoms with E-state index in [9.17, 15) is 0 Å². The van der Waals surface area contributed by atoms with E-state index in [-0.39, 0.29) is 0 Å². The minimum absolute atomic E-state index is 0.893. The normalized spacial score (nSPS) is 15.6. The van der Waals surface area contributed by atoms with Gasteiger partial charge in [0.25, 0.3) is 0 Å². The molecule has 0 N–H and O–H groups in total. The molecule has 2 heterocycles. The van der Waals surface area contributed by atoms with Crippen LogP contribution in [0.2, 0.25) is 0 Å². The Morgan fingerprint density at radius 3 is 1.31 bits per heavy atom. The molecule has 2 aliphatic rings. The van der Waals surface area contributed by atoms with Crippen molar-refractivity contribution in [3.63, 3.8) is 0 Å². The summed E-state index contributed by atoms with van der Waals surface area (Å²) in [6, 6.07) is 29.8. The number of fused-ring (bicyclic) bond motifs is 4. The molecule has 32 heavy (non-hydrogen) atoms. The van der Waals surface area contributed by atoms with Crippen LogP contribution in [0.5, 0.6) is 23.0 Å². The summed E-state index contributed by atoms with van der Waals surface area (Å²) in [6.45, 7) is 4.39. The van der Waals surface area contributed by atoms with E-state index in [4.69, 9.17) is 9.47 Å². The van der Waals surface area contributed by atoms with E-state index in [1.807, 2.05) is 12.1 Å². The quantitative estimate of drug-likeness (QED) is 0.284. The van der Waals surface area contributed by atoms with Crippen LogP contribution in [0, 0.1) is 0 Å². The van der Waals surface area contributed by atoms with Gasteiger partial charge < -0.3 is 9.47 Å². The van der Waals surface area contributed by atoms with E-state index in [1.165, 1.54) is 22.3 Å². The van der Waals surface area contributed by atoms with Gasteiger partial charge in [-0.3, -0.25) is 0 Å². The Labute approximate surface area is 188 Å². The number of rotatable bonds is 2. The first-order chi connectivity index (χ1) is 15.8. The lowest BCUT2D eigenvalue weighted by molar-refractivity contribution is 0.471. The summed E-state index contributed by atoms with van der Waals surface area (Å²) in [5, 5.41) is 0. The molecule has 2 nitrogen and oxygen atoms in total. The Morgan fingerprint density at radius 1 is 0.469 bits per heavy atom. The number of aryl methyl sites for hydroxylation is 2. The smallest absolute Gasteiger partial charge is 0.135 e. The Balaban J connectivity index is 1.78. The van der Waals surface area contributed by atoms with Gasteiger partial charge in [-0.25, -0.2) is 0 Å². The fraction of sp³-hybridized carbons (Fsp3) is 0.133. The van der Waals surface area contributed by atoms with Gasteiger partial charge in [0.15, 0.2) is 0 Å². The first-order valence-corrected chi connectivity index (χ1v) is 11.3. The van der Waals surface area contributed by atoms with Crippen LogP contribution in [0.1, 0.15) is 47.2 Å². The van der Waals surface area contributed by atoms with Crippen LogP contribution in [0.15, 0.2) is 84.9 Å². The Hall–Kier alpha value is -3.78. The fourth-order valence-corrected chi connectivity index (χ4v) is 4.75. The first-order valence-electron chi connectivity index (χ1n) is 11.3. The zero-order valence-corrected chi connectivity index (χ0v) is 18.3. The van der Waals surface area contributed by atoms with Gasteiger partial charge in [0.1, 0.15) is 23.0 Å². The van der Waals surface area contributed by atoms with Crippen molar-refractivity contribution in [1.29, 1.82) is 0 Å². The second kappa shape index (κ2) is 7.42. The number of hydrogen-bond donors (Lipinski definition) is 0. The van der Waals surface area contributed by atoms with Gasteiger partial charge in [-0.1, -0.05) is 62.4 Å². The highest BCUT2D eigenvalue weighted by molar-refractivity contribution is 6.10. The van der Waals surface area contributed by atoms with Crippen molar-refractivity contribution in [3.8, 4) is 23.0 Å². The molecule has 0 saturated carbocycles. The minimum Gasteiger partial charge on any atom is -0.456 e. The van der Waals surface area contributed by atoms with Gasteiger partial charge in [0.2, 0.25) is 0 Å². The molecule has 0 radical (unpaired) electrons. The molecule has 156 valence electrons. The van der Waals surface area contributed by atoms with Crippen molar-refractivity contribution in [2.45, 2.75) is 26.7 Å². The van der Waals surface area contributed by atoms with Crippen LogP contribution >= 0.6 is 0 Å². The molecule has 2 aliphatic heterocycles. The fourth-order valence-electron chi connectivity index (χ4n) is 4.75. The van der Waals surface area contributed by atoms with E-state index >= 15 is 0 Å². The molecule has 4 aromatic rings. The molecule has 6 rings (SSSR count). The lowest BCUT2D eigenvalue weighted by atomic mass is 9.81. The second-order valence-corrected chi connectivity index (χ2v) is 8.31. The largest absolute Gasteiger partial charge is 0.456 e. The van der Waals surface area contributed by atoms with Gasteiger partial charge in [-0.2, -0.15) is 0 Å². The topological polar surface area (TPSA) is 18.5 Å². The average Bonchev–Trinajstić information content (AvgIpc) is 2.85. The van der Waals surface area contributed by atoms with Crippen LogP contribution in [0.4, 0.5) is 0 Å². The highest BCUT2D eigenvalue weighted by Crippen LogP contribution is 2.53.